The van der Waals surface area contributed by atoms with Gasteiger partial charge in [-0.15, -0.1) is 0 Å². The number of primary amides is 1. The molecule has 0 aliphatic heterocycles. The van der Waals surface area contributed by atoms with E-state index in [0.29, 0.717) is 12.8 Å². The first-order valence-electron chi connectivity index (χ1n) is 10.4. The first-order chi connectivity index (χ1) is 15.3. The van der Waals surface area contributed by atoms with E-state index in [0.717, 1.165) is 36.0 Å². The molecule has 1 aliphatic rings. The quantitative estimate of drug-likeness (QED) is 0.522. The third-order valence-electron chi connectivity index (χ3n) is 5.69. The number of nitrogens with one attached hydrogen (secondary N) is 2. The molecule has 1 aromatic carbocycles. The summed E-state index contributed by atoms with van der Waals surface area (Å²) in [5, 5.41) is 23.8. The Hall–Kier alpha value is -3.93. The number of nitriles is 1. The monoisotopic (exact) mass is 435 g/mol. The summed E-state index contributed by atoms with van der Waals surface area (Å²) in [6.45, 7) is 0. The second-order valence-corrected chi connectivity index (χ2v) is 7.93. The molecule has 1 aliphatic carbocycles. The van der Waals surface area contributed by atoms with Gasteiger partial charge in [0, 0.05) is 18.2 Å². The van der Waals surface area contributed by atoms with Crippen LogP contribution in [0, 0.1) is 11.3 Å². The average Bonchev–Trinajstić information content (AvgIpc) is 2.79. The van der Waals surface area contributed by atoms with Gasteiger partial charge in [0.25, 0.3) is 5.91 Å². The molecule has 1 atom stereocenters. The minimum Gasteiger partial charge on any atom is -0.465 e. The van der Waals surface area contributed by atoms with E-state index in [9.17, 15) is 24.8 Å². The highest BCUT2D eigenvalue weighted by Gasteiger charge is 2.41. The molecule has 2 aromatic rings. The number of amides is 3. The van der Waals surface area contributed by atoms with Gasteiger partial charge in [-0.1, -0.05) is 49.6 Å². The normalized spacial score (nSPS) is 15.7. The molecule has 1 heterocycles. The van der Waals surface area contributed by atoms with Crippen LogP contribution in [0.5, 0.6) is 0 Å². The van der Waals surface area contributed by atoms with Gasteiger partial charge in [0.05, 0.1) is 6.07 Å². The summed E-state index contributed by atoms with van der Waals surface area (Å²) in [6, 6.07) is 12.0. The average molecular weight is 435 g/mol. The summed E-state index contributed by atoms with van der Waals surface area (Å²) in [5.74, 6) is -1.05. The Labute approximate surface area is 185 Å². The van der Waals surface area contributed by atoms with Crippen molar-refractivity contribution in [2.75, 3.05) is 0 Å². The van der Waals surface area contributed by atoms with Gasteiger partial charge in [0.15, 0.2) is 0 Å². The highest BCUT2D eigenvalue weighted by atomic mass is 16.4. The predicted octanol–water partition coefficient (Wildman–Crippen LogP) is 2.37. The molecular formula is C23H25N5O4. The number of benzene rings is 1. The van der Waals surface area contributed by atoms with E-state index >= 15 is 0 Å². The summed E-state index contributed by atoms with van der Waals surface area (Å²) >= 11 is 0. The van der Waals surface area contributed by atoms with Crippen LogP contribution in [-0.2, 0) is 11.2 Å². The molecule has 166 valence electrons. The van der Waals surface area contributed by atoms with Gasteiger partial charge < -0.3 is 21.5 Å². The van der Waals surface area contributed by atoms with Gasteiger partial charge in [-0.3, -0.25) is 14.6 Å². The highest BCUT2D eigenvalue weighted by molar-refractivity contribution is 5.91. The second kappa shape index (κ2) is 9.92. The molecule has 32 heavy (non-hydrogen) atoms. The third kappa shape index (κ3) is 5.40. The van der Waals surface area contributed by atoms with Gasteiger partial charge in [-0.25, -0.2) is 4.79 Å². The number of nitrogens with zero attached hydrogens (tertiary/aromatic N) is 2. The zero-order valence-electron chi connectivity index (χ0n) is 17.5. The van der Waals surface area contributed by atoms with Gasteiger partial charge in [-0.05, 0) is 30.0 Å². The van der Waals surface area contributed by atoms with Crippen LogP contribution in [0.15, 0.2) is 42.6 Å². The van der Waals surface area contributed by atoms with Crippen LogP contribution in [-0.4, -0.2) is 39.6 Å². The van der Waals surface area contributed by atoms with E-state index in [1.165, 1.54) is 0 Å². The Morgan fingerprint density at radius 2 is 1.75 bits per heavy atom. The van der Waals surface area contributed by atoms with Crippen LogP contribution in [0.2, 0.25) is 0 Å². The smallest absolute Gasteiger partial charge is 0.405 e. The van der Waals surface area contributed by atoms with E-state index in [4.69, 9.17) is 5.73 Å². The van der Waals surface area contributed by atoms with E-state index in [1.807, 2.05) is 24.3 Å². The SMILES string of the molecule is N#CC(Cc1ccc(-c2ccc(C(N)=O)nc2)cc1)NC(=O)C1(NC(=O)O)CCCCC1. The van der Waals surface area contributed by atoms with Crippen LogP contribution < -0.4 is 16.4 Å². The summed E-state index contributed by atoms with van der Waals surface area (Å²) in [4.78, 5) is 39.3. The first kappa shape index (κ1) is 22.7. The number of carbonyl (C=O) groups excluding carboxylic acids is 2. The van der Waals surface area contributed by atoms with Crippen molar-refractivity contribution in [1.29, 1.82) is 5.26 Å². The van der Waals surface area contributed by atoms with Crippen LogP contribution in [0.1, 0.15) is 48.2 Å². The van der Waals surface area contributed by atoms with E-state index in [2.05, 4.69) is 21.7 Å². The molecule has 0 saturated heterocycles. The third-order valence-corrected chi connectivity index (χ3v) is 5.69. The highest BCUT2D eigenvalue weighted by Crippen LogP contribution is 2.29. The van der Waals surface area contributed by atoms with Crippen molar-refractivity contribution in [2.45, 2.75) is 50.1 Å². The Bertz CT molecular complexity index is 1020. The maximum Gasteiger partial charge on any atom is 0.405 e. The van der Waals surface area contributed by atoms with Crippen molar-refractivity contribution in [1.82, 2.24) is 15.6 Å². The van der Waals surface area contributed by atoms with Gasteiger partial charge in [0.1, 0.15) is 17.3 Å². The number of nitrogens with two attached hydrogens (primary N) is 1. The van der Waals surface area contributed by atoms with Crippen molar-refractivity contribution in [3.05, 3.63) is 53.9 Å². The van der Waals surface area contributed by atoms with Gasteiger partial charge in [-0.2, -0.15) is 5.26 Å². The van der Waals surface area contributed by atoms with Crippen molar-refractivity contribution < 1.29 is 19.5 Å². The topological polar surface area (TPSA) is 158 Å². The fourth-order valence-electron chi connectivity index (χ4n) is 3.97. The molecule has 0 radical (unpaired) electrons. The number of hydrogen-bond donors (Lipinski definition) is 4. The Balaban J connectivity index is 1.67. The summed E-state index contributed by atoms with van der Waals surface area (Å²) in [6.07, 6.45) is 3.89. The predicted molar refractivity (Wildman–Crippen MR) is 116 cm³/mol. The molecule has 3 amide bonds. The van der Waals surface area contributed by atoms with Crippen LogP contribution in [0.25, 0.3) is 11.1 Å². The summed E-state index contributed by atoms with van der Waals surface area (Å²) in [5.41, 5.74) is 6.73. The molecule has 9 heteroatoms. The van der Waals surface area contributed by atoms with Crippen LogP contribution >= 0.6 is 0 Å². The van der Waals surface area contributed by atoms with Gasteiger partial charge in [0.2, 0.25) is 5.91 Å². The molecule has 1 saturated carbocycles. The van der Waals surface area contributed by atoms with Crippen molar-refractivity contribution in [3.63, 3.8) is 0 Å². The maximum absolute atomic E-state index is 12.9. The zero-order valence-corrected chi connectivity index (χ0v) is 17.5. The lowest BCUT2D eigenvalue weighted by Crippen LogP contribution is -2.61. The molecule has 1 unspecified atom stereocenters. The minimum absolute atomic E-state index is 0.186. The number of pyridine rings is 1. The van der Waals surface area contributed by atoms with E-state index < -0.39 is 29.5 Å². The number of aromatic nitrogens is 1. The van der Waals surface area contributed by atoms with Crippen molar-refractivity contribution in [3.8, 4) is 17.2 Å². The van der Waals surface area contributed by atoms with Gasteiger partial charge >= 0.3 is 6.09 Å². The van der Waals surface area contributed by atoms with Crippen LogP contribution in [0.3, 0.4) is 0 Å². The Kier molecular flexibility index (Phi) is 7.05. The summed E-state index contributed by atoms with van der Waals surface area (Å²) in [7, 11) is 0. The molecule has 0 spiro atoms. The molecule has 3 rings (SSSR count). The number of carboxylic acid groups (broad SMARTS) is 1. The number of hydrogen-bond acceptors (Lipinski definition) is 5. The molecule has 0 bridgehead atoms. The minimum atomic E-state index is -1.25. The number of carbonyl (C=O) groups is 3. The zero-order chi connectivity index (χ0) is 23.1. The molecule has 1 aromatic heterocycles. The maximum atomic E-state index is 12.9. The Morgan fingerprint density at radius 1 is 1.09 bits per heavy atom. The Morgan fingerprint density at radius 3 is 2.28 bits per heavy atom. The lowest BCUT2D eigenvalue weighted by molar-refractivity contribution is -0.129. The van der Waals surface area contributed by atoms with E-state index in [-0.39, 0.29) is 12.1 Å². The number of rotatable bonds is 7. The standard InChI is InChI=1S/C23H25N5O4/c24-13-18(27-21(30)23(28-22(31)32)10-2-1-3-11-23)12-15-4-6-16(7-5-15)17-8-9-19(20(25)29)26-14-17/h4-9,14,18,28H,1-3,10-12H2,(H2,25,29)(H,27,30)(H,31,32). The fourth-order valence-corrected chi connectivity index (χ4v) is 3.97. The van der Waals surface area contributed by atoms with E-state index in [1.54, 1.807) is 18.3 Å². The fraction of sp³-hybridized carbons (Fsp3) is 0.348. The van der Waals surface area contributed by atoms with Crippen LogP contribution in [0.4, 0.5) is 4.79 Å². The first-order valence-corrected chi connectivity index (χ1v) is 10.4. The lowest BCUT2D eigenvalue weighted by atomic mass is 9.80. The molecule has 1 fully saturated rings. The van der Waals surface area contributed by atoms with Crippen molar-refractivity contribution in [2.24, 2.45) is 5.73 Å². The second-order valence-electron chi connectivity index (χ2n) is 7.93. The van der Waals surface area contributed by atoms with Crippen molar-refractivity contribution >= 4 is 17.9 Å². The molecular weight excluding hydrogens is 410 g/mol. The lowest BCUT2D eigenvalue weighted by Gasteiger charge is -2.36. The largest absolute Gasteiger partial charge is 0.465 e. The molecule has 9 nitrogen and oxygen atoms in total. The molecule has 5 N–H and O–H groups in total. The summed E-state index contributed by atoms with van der Waals surface area (Å²) < 4.78 is 0.